The molecule has 2 unspecified atom stereocenters. The first kappa shape index (κ1) is 16.7. The van der Waals surface area contributed by atoms with Gasteiger partial charge in [0, 0.05) is 52.1 Å². The maximum absolute atomic E-state index is 12.2. The predicted octanol–water partition coefficient (Wildman–Crippen LogP) is 1.28. The molecule has 5 nitrogen and oxygen atoms in total. The zero-order valence-electron chi connectivity index (χ0n) is 13.2. The summed E-state index contributed by atoms with van der Waals surface area (Å²) in [4.78, 5) is 13.9. The van der Waals surface area contributed by atoms with E-state index >= 15 is 0 Å². The van der Waals surface area contributed by atoms with E-state index in [1.165, 1.54) is 12.8 Å². The highest BCUT2D eigenvalue weighted by Gasteiger charge is 2.32. The number of likely N-dealkylation sites (N-methyl/N-ethyl adjacent to an activating group) is 1. The van der Waals surface area contributed by atoms with Crippen molar-refractivity contribution in [3.05, 3.63) is 0 Å². The van der Waals surface area contributed by atoms with Crippen molar-refractivity contribution in [2.45, 2.75) is 63.0 Å². The molecule has 0 radical (unpaired) electrons. The number of nitrogens with two attached hydrogens (primary N) is 1. The molecule has 2 atom stereocenters. The van der Waals surface area contributed by atoms with E-state index in [0.717, 1.165) is 19.3 Å². The molecule has 1 saturated carbocycles. The lowest BCUT2D eigenvalue weighted by Crippen LogP contribution is -2.47. The Hall–Kier alpha value is -0.650. The van der Waals surface area contributed by atoms with Crippen LogP contribution < -0.4 is 5.73 Å². The Morgan fingerprint density at radius 1 is 1.38 bits per heavy atom. The third-order valence-corrected chi connectivity index (χ3v) is 4.97. The van der Waals surface area contributed by atoms with Gasteiger partial charge in [-0.05, 0) is 25.2 Å². The van der Waals surface area contributed by atoms with Gasteiger partial charge in [-0.3, -0.25) is 4.79 Å². The molecule has 0 spiro atoms. The molecule has 5 heteroatoms. The first-order chi connectivity index (χ1) is 9.98. The first-order valence-electron chi connectivity index (χ1n) is 8.28. The summed E-state index contributed by atoms with van der Waals surface area (Å²) < 4.78 is 5.27. The van der Waals surface area contributed by atoms with Crippen molar-refractivity contribution < 1.29 is 14.6 Å². The summed E-state index contributed by atoms with van der Waals surface area (Å²) in [5.41, 5.74) is 5.22. The largest absolute Gasteiger partial charge is 0.388 e. The molecule has 0 aromatic rings. The van der Waals surface area contributed by atoms with Crippen LogP contribution in [0.3, 0.4) is 0 Å². The molecule has 21 heavy (non-hydrogen) atoms. The maximum Gasteiger partial charge on any atom is 0.222 e. The molecule has 2 fully saturated rings. The van der Waals surface area contributed by atoms with Crippen LogP contribution in [0.4, 0.5) is 0 Å². The number of carbonyl (C=O) groups is 1. The number of rotatable bonds is 5. The van der Waals surface area contributed by atoms with Crippen molar-refractivity contribution in [1.29, 1.82) is 0 Å². The number of ether oxygens (including phenoxy) is 1. The molecule has 1 aliphatic heterocycles. The Morgan fingerprint density at radius 3 is 2.76 bits per heavy atom. The van der Waals surface area contributed by atoms with Gasteiger partial charge in [0.25, 0.3) is 0 Å². The molecular weight excluding hydrogens is 268 g/mol. The minimum Gasteiger partial charge on any atom is -0.388 e. The quantitative estimate of drug-likeness (QED) is 0.802. The summed E-state index contributed by atoms with van der Waals surface area (Å²) in [6.07, 6.45) is 7.29. The average Bonchev–Trinajstić information content (AvgIpc) is 2.45. The summed E-state index contributed by atoms with van der Waals surface area (Å²) in [6.45, 7) is 1.58. The number of aliphatic hydroxyl groups is 1. The zero-order valence-corrected chi connectivity index (χ0v) is 13.2. The van der Waals surface area contributed by atoms with Gasteiger partial charge in [0.05, 0.1) is 5.60 Å². The van der Waals surface area contributed by atoms with Crippen molar-refractivity contribution in [2.24, 2.45) is 11.7 Å². The molecule has 0 aromatic carbocycles. The normalized spacial score (nSPS) is 29.1. The summed E-state index contributed by atoms with van der Waals surface area (Å²) in [6, 6.07) is 0.319. The number of carbonyl (C=O) groups excluding carboxylic acids is 1. The van der Waals surface area contributed by atoms with Crippen molar-refractivity contribution in [3.8, 4) is 0 Å². The van der Waals surface area contributed by atoms with Gasteiger partial charge in [-0.15, -0.1) is 0 Å². The Labute approximate surface area is 127 Å². The van der Waals surface area contributed by atoms with Gasteiger partial charge >= 0.3 is 0 Å². The van der Waals surface area contributed by atoms with Crippen LogP contribution in [-0.4, -0.2) is 54.4 Å². The second kappa shape index (κ2) is 7.56. The van der Waals surface area contributed by atoms with Crippen LogP contribution in [0, 0.1) is 5.92 Å². The van der Waals surface area contributed by atoms with Gasteiger partial charge in [-0.25, -0.2) is 0 Å². The minimum atomic E-state index is -0.768. The van der Waals surface area contributed by atoms with Crippen molar-refractivity contribution in [1.82, 2.24) is 4.90 Å². The lowest BCUT2D eigenvalue weighted by Gasteiger charge is -2.35. The third kappa shape index (κ3) is 5.24. The van der Waals surface area contributed by atoms with Gasteiger partial charge in [-0.2, -0.15) is 0 Å². The van der Waals surface area contributed by atoms with Crippen LogP contribution in [0.15, 0.2) is 0 Å². The van der Waals surface area contributed by atoms with Gasteiger partial charge in [-0.1, -0.05) is 12.8 Å². The topological polar surface area (TPSA) is 75.8 Å². The van der Waals surface area contributed by atoms with Gasteiger partial charge in [0.15, 0.2) is 0 Å². The number of hydrogen-bond acceptors (Lipinski definition) is 4. The monoisotopic (exact) mass is 298 g/mol. The van der Waals surface area contributed by atoms with E-state index in [1.807, 2.05) is 0 Å². The molecule has 1 aliphatic carbocycles. The van der Waals surface area contributed by atoms with E-state index in [2.05, 4.69) is 0 Å². The molecule has 0 aromatic heterocycles. The fourth-order valence-corrected chi connectivity index (χ4v) is 3.55. The molecule has 3 N–H and O–H groups in total. The fourth-order valence-electron chi connectivity index (χ4n) is 3.55. The van der Waals surface area contributed by atoms with E-state index in [0.29, 0.717) is 51.0 Å². The summed E-state index contributed by atoms with van der Waals surface area (Å²) >= 11 is 0. The SMILES string of the molecule is CN(CC1(O)CCOCC1)C(=O)CCC1CCCC(N)C1. The van der Waals surface area contributed by atoms with Gasteiger partial charge in [0.2, 0.25) is 5.91 Å². The van der Waals surface area contributed by atoms with Crippen LogP contribution in [0.1, 0.15) is 51.4 Å². The Balaban J connectivity index is 1.71. The van der Waals surface area contributed by atoms with Crippen LogP contribution in [-0.2, 0) is 9.53 Å². The molecule has 1 saturated heterocycles. The first-order valence-corrected chi connectivity index (χ1v) is 8.28. The third-order valence-electron chi connectivity index (χ3n) is 4.97. The molecule has 0 bridgehead atoms. The predicted molar refractivity (Wildman–Crippen MR) is 81.8 cm³/mol. The second-order valence-electron chi connectivity index (χ2n) is 6.92. The number of nitrogens with zero attached hydrogens (tertiary/aromatic N) is 1. The summed E-state index contributed by atoms with van der Waals surface area (Å²) in [5, 5.41) is 10.5. The Bertz CT molecular complexity index is 342. The van der Waals surface area contributed by atoms with Crippen LogP contribution in [0.25, 0.3) is 0 Å². The summed E-state index contributed by atoms with van der Waals surface area (Å²) in [5.74, 6) is 0.728. The second-order valence-corrected chi connectivity index (χ2v) is 6.92. The molecule has 2 aliphatic rings. The zero-order chi connectivity index (χ0) is 15.3. The highest BCUT2D eigenvalue weighted by atomic mass is 16.5. The Morgan fingerprint density at radius 2 is 2.10 bits per heavy atom. The standard InChI is InChI=1S/C16H30N2O3/c1-18(12-16(20)7-9-21-10-8-16)15(19)6-5-13-3-2-4-14(17)11-13/h13-14,20H,2-12,17H2,1H3. The molecule has 1 heterocycles. The van der Waals surface area contributed by atoms with E-state index in [1.54, 1.807) is 11.9 Å². The number of hydrogen-bond donors (Lipinski definition) is 2. The van der Waals surface area contributed by atoms with E-state index in [4.69, 9.17) is 10.5 Å². The molecule has 1 amide bonds. The molecular formula is C16H30N2O3. The van der Waals surface area contributed by atoms with Gasteiger partial charge in [0.1, 0.15) is 0 Å². The molecule has 122 valence electrons. The van der Waals surface area contributed by atoms with Crippen molar-refractivity contribution >= 4 is 5.91 Å². The highest BCUT2D eigenvalue weighted by Crippen LogP contribution is 2.27. The summed E-state index contributed by atoms with van der Waals surface area (Å²) in [7, 11) is 1.79. The Kier molecular flexibility index (Phi) is 6.02. The molecule has 2 rings (SSSR count). The average molecular weight is 298 g/mol. The van der Waals surface area contributed by atoms with Gasteiger partial charge < -0.3 is 20.5 Å². The van der Waals surface area contributed by atoms with E-state index in [-0.39, 0.29) is 5.91 Å². The van der Waals surface area contributed by atoms with Crippen molar-refractivity contribution in [2.75, 3.05) is 26.8 Å². The minimum absolute atomic E-state index is 0.133. The lowest BCUT2D eigenvalue weighted by atomic mass is 9.83. The lowest BCUT2D eigenvalue weighted by molar-refractivity contribution is -0.137. The van der Waals surface area contributed by atoms with E-state index < -0.39 is 5.60 Å². The van der Waals surface area contributed by atoms with Crippen LogP contribution in [0.2, 0.25) is 0 Å². The highest BCUT2D eigenvalue weighted by molar-refractivity contribution is 5.75. The smallest absolute Gasteiger partial charge is 0.222 e. The number of amides is 1. The van der Waals surface area contributed by atoms with Crippen LogP contribution in [0.5, 0.6) is 0 Å². The van der Waals surface area contributed by atoms with E-state index in [9.17, 15) is 9.90 Å². The van der Waals surface area contributed by atoms with Crippen LogP contribution >= 0.6 is 0 Å². The maximum atomic E-state index is 12.2. The van der Waals surface area contributed by atoms with Crippen molar-refractivity contribution in [3.63, 3.8) is 0 Å². The fraction of sp³-hybridized carbons (Fsp3) is 0.938.